The summed E-state index contributed by atoms with van der Waals surface area (Å²) in [6.07, 6.45) is 6.36. The Bertz CT molecular complexity index is 388. The normalized spacial score (nSPS) is 20.6. The Labute approximate surface area is 132 Å². The zero-order valence-corrected chi connectivity index (χ0v) is 14.7. The van der Waals surface area contributed by atoms with Gasteiger partial charge >= 0.3 is 0 Å². The second-order valence-electron chi connectivity index (χ2n) is 5.80. The molecule has 0 aliphatic heterocycles. The van der Waals surface area contributed by atoms with E-state index in [9.17, 15) is 0 Å². The predicted octanol–water partition coefficient (Wildman–Crippen LogP) is 7.05. The van der Waals surface area contributed by atoms with Crippen molar-refractivity contribution in [2.45, 2.75) is 51.3 Å². The summed E-state index contributed by atoms with van der Waals surface area (Å²) in [6.45, 7) is 4.59. The van der Waals surface area contributed by atoms with Crippen LogP contribution < -0.4 is 0 Å². The standard InChI is InChI=1S/C14H19BrCl2S/c1-9(2)8-14(5-3-4-6-14)12(16)11-7-10(15)13(17)18-11/h7,9,12H,3-6,8H2,1-2H3. The van der Waals surface area contributed by atoms with Crippen LogP contribution in [0.25, 0.3) is 0 Å². The minimum atomic E-state index is 0.108. The summed E-state index contributed by atoms with van der Waals surface area (Å²) in [4.78, 5) is 1.22. The number of rotatable bonds is 4. The zero-order valence-electron chi connectivity index (χ0n) is 10.8. The molecule has 1 atom stereocenters. The number of hydrogen-bond donors (Lipinski definition) is 0. The van der Waals surface area contributed by atoms with Crippen molar-refractivity contribution < 1.29 is 0 Å². The highest BCUT2D eigenvalue weighted by Gasteiger charge is 2.42. The van der Waals surface area contributed by atoms with Gasteiger partial charge in [0.1, 0.15) is 4.34 Å². The molecular formula is C14H19BrCl2S. The minimum Gasteiger partial charge on any atom is -0.126 e. The molecule has 102 valence electrons. The molecule has 1 aliphatic rings. The zero-order chi connectivity index (χ0) is 13.3. The lowest BCUT2D eigenvalue weighted by atomic mass is 9.75. The van der Waals surface area contributed by atoms with E-state index in [0.29, 0.717) is 5.92 Å². The summed E-state index contributed by atoms with van der Waals surface area (Å²) < 4.78 is 1.79. The fourth-order valence-corrected chi connectivity index (χ4v) is 5.60. The van der Waals surface area contributed by atoms with Crippen LogP contribution in [-0.2, 0) is 0 Å². The molecule has 0 N–H and O–H groups in total. The summed E-state index contributed by atoms with van der Waals surface area (Å²) in [5.41, 5.74) is 0.281. The molecule has 0 spiro atoms. The maximum atomic E-state index is 6.83. The van der Waals surface area contributed by atoms with Crippen molar-refractivity contribution in [3.63, 3.8) is 0 Å². The molecule has 1 heterocycles. The first-order valence-corrected chi connectivity index (χ1v) is 8.96. The molecule has 1 aromatic rings. The van der Waals surface area contributed by atoms with Gasteiger partial charge in [0.05, 0.1) is 5.38 Å². The van der Waals surface area contributed by atoms with Crippen LogP contribution in [0.5, 0.6) is 0 Å². The monoisotopic (exact) mass is 368 g/mol. The predicted molar refractivity (Wildman–Crippen MR) is 86.0 cm³/mol. The summed E-state index contributed by atoms with van der Waals surface area (Å²) in [7, 11) is 0. The summed E-state index contributed by atoms with van der Waals surface area (Å²) in [6, 6.07) is 2.10. The van der Waals surface area contributed by atoms with Gasteiger partial charge in [-0.15, -0.1) is 22.9 Å². The quantitative estimate of drug-likeness (QED) is 0.498. The van der Waals surface area contributed by atoms with Crippen LogP contribution >= 0.6 is 50.5 Å². The second kappa shape index (κ2) is 6.03. The van der Waals surface area contributed by atoms with Crippen LogP contribution in [0.4, 0.5) is 0 Å². The lowest BCUT2D eigenvalue weighted by Gasteiger charge is -2.35. The van der Waals surface area contributed by atoms with Crippen LogP contribution in [0.1, 0.15) is 56.2 Å². The van der Waals surface area contributed by atoms with Crippen molar-refractivity contribution in [2.75, 3.05) is 0 Å². The van der Waals surface area contributed by atoms with Gasteiger partial charge in [0.2, 0.25) is 0 Å². The Morgan fingerprint density at radius 1 is 1.39 bits per heavy atom. The third-order valence-corrected chi connectivity index (χ3v) is 7.23. The Balaban J connectivity index is 2.25. The fourth-order valence-electron chi connectivity index (χ4n) is 3.24. The second-order valence-corrected chi connectivity index (χ2v) is 8.78. The molecule has 0 radical (unpaired) electrons. The van der Waals surface area contributed by atoms with Crippen LogP contribution in [0.2, 0.25) is 4.34 Å². The Morgan fingerprint density at radius 3 is 2.44 bits per heavy atom. The maximum Gasteiger partial charge on any atom is 0.107 e. The molecule has 1 fully saturated rings. The highest BCUT2D eigenvalue weighted by molar-refractivity contribution is 9.10. The summed E-state index contributed by atoms with van der Waals surface area (Å²) >= 11 is 18.1. The Morgan fingerprint density at radius 2 is 2.00 bits per heavy atom. The van der Waals surface area contributed by atoms with E-state index in [1.165, 1.54) is 37.0 Å². The molecule has 4 heteroatoms. The van der Waals surface area contributed by atoms with E-state index in [0.717, 1.165) is 8.81 Å². The lowest BCUT2D eigenvalue weighted by molar-refractivity contribution is 0.225. The van der Waals surface area contributed by atoms with Crippen molar-refractivity contribution in [1.82, 2.24) is 0 Å². The number of thiophene rings is 1. The van der Waals surface area contributed by atoms with E-state index < -0.39 is 0 Å². The molecule has 1 unspecified atom stereocenters. The molecule has 0 nitrogen and oxygen atoms in total. The van der Waals surface area contributed by atoms with Crippen LogP contribution in [-0.4, -0.2) is 0 Å². The molecular weight excluding hydrogens is 351 g/mol. The van der Waals surface area contributed by atoms with Crippen molar-refractivity contribution in [2.24, 2.45) is 11.3 Å². The molecule has 0 bridgehead atoms. The fraction of sp³-hybridized carbons (Fsp3) is 0.714. The summed E-state index contributed by atoms with van der Waals surface area (Å²) in [5.74, 6) is 0.697. The molecule has 2 rings (SSSR count). The highest BCUT2D eigenvalue weighted by Crippen LogP contribution is 2.56. The molecule has 0 amide bonds. The van der Waals surface area contributed by atoms with Gasteiger partial charge in [-0.05, 0) is 52.6 Å². The molecule has 1 aromatic heterocycles. The molecule has 1 aliphatic carbocycles. The maximum absolute atomic E-state index is 6.83. The van der Waals surface area contributed by atoms with E-state index in [-0.39, 0.29) is 10.8 Å². The first-order valence-electron chi connectivity index (χ1n) is 6.53. The average molecular weight is 370 g/mol. The van der Waals surface area contributed by atoms with Crippen molar-refractivity contribution >= 4 is 50.5 Å². The van der Waals surface area contributed by atoms with E-state index in [1.54, 1.807) is 11.3 Å². The van der Waals surface area contributed by atoms with Gasteiger partial charge in [-0.1, -0.05) is 38.3 Å². The molecule has 0 aromatic carbocycles. The van der Waals surface area contributed by atoms with Crippen LogP contribution in [0.15, 0.2) is 10.5 Å². The number of hydrogen-bond acceptors (Lipinski definition) is 1. The Kier molecular flexibility index (Phi) is 5.08. The average Bonchev–Trinajstić information content (AvgIpc) is 2.86. The lowest BCUT2D eigenvalue weighted by Crippen LogP contribution is -2.24. The SMILES string of the molecule is CC(C)CC1(C(Cl)c2cc(Br)c(Cl)s2)CCCC1. The van der Waals surface area contributed by atoms with Crippen LogP contribution in [0, 0.1) is 11.3 Å². The van der Waals surface area contributed by atoms with E-state index in [4.69, 9.17) is 23.2 Å². The van der Waals surface area contributed by atoms with Gasteiger partial charge in [0, 0.05) is 9.35 Å². The van der Waals surface area contributed by atoms with Crippen molar-refractivity contribution in [3.8, 4) is 0 Å². The number of alkyl halides is 1. The largest absolute Gasteiger partial charge is 0.126 e. The molecule has 1 saturated carbocycles. The van der Waals surface area contributed by atoms with E-state index in [2.05, 4.69) is 35.8 Å². The van der Waals surface area contributed by atoms with E-state index in [1.807, 2.05) is 0 Å². The number of halogens is 3. The molecule has 18 heavy (non-hydrogen) atoms. The smallest absolute Gasteiger partial charge is 0.107 e. The third-order valence-electron chi connectivity index (χ3n) is 3.87. The van der Waals surface area contributed by atoms with Gasteiger partial charge in [-0.25, -0.2) is 0 Å². The van der Waals surface area contributed by atoms with Crippen molar-refractivity contribution in [3.05, 3.63) is 19.8 Å². The van der Waals surface area contributed by atoms with Gasteiger partial charge in [-0.2, -0.15) is 0 Å². The minimum absolute atomic E-state index is 0.108. The van der Waals surface area contributed by atoms with Gasteiger partial charge in [0.25, 0.3) is 0 Å². The van der Waals surface area contributed by atoms with Gasteiger partial charge in [0.15, 0.2) is 0 Å². The van der Waals surface area contributed by atoms with Crippen LogP contribution in [0.3, 0.4) is 0 Å². The van der Waals surface area contributed by atoms with E-state index >= 15 is 0 Å². The van der Waals surface area contributed by atoms with Crippen molar-refractivity contribution in [1.29, 1.82) is 0 Å². The summed E-state index contributed by atoms with van der Waals surface area (Å²) in [5, 5.41) is 0.108. The van der Waals surface area contributed by atoms with Gasteiger partial charge in [-0.3, -0.25) is 0 Å². The van der Waals surface area contributed by atoms with Gasteiger partial charge < -0.3 is 0 Å². The third kappa shape index (κ3) is 3.08. The Hall–Kier alpha value is 0.760. The molecule has 0 saturated heterocycles. The topological polar surface area (TPSA) is 0 Å². The first-order chi connectivity index (χ1) is 8.44. The first kappa shape index (κ1) is 15.2. The highest BCUT2D eigenvalue weighted by atomic mass is 79.9.